The lowest BCUT2D eigenvalue weighted by molar-refractivity contribution is 0.0698. The van der Waals surface area contributed by atoms with Crippen molar-refractivity contribution in [2.24, 2.45) is 0 Å². The number of nitrogens with zero attached hydrogens (tertiary/aromatic N) is 3. The van der Waals surface area contributed by atoms with Gasteiger partial charge in [-0.05, 0) is 61.4 Å². The van der Waals surface area contributed by atoms with Crippen LogP contribution in [0.25, 0.3) is 0 Å². The van der Waals surface area contributed by atoms with Gasteiger partial charge >= 0.3 is 0 Å². The molecule has 0 unspecified atom stereocenters. The molecule has 1 amide bonds. The average Bonchev–Trinajstić information content (AvgIpc) is 3.33. The number of benzene rings is 2. The van der Waals surface area contributed by atoms with E-state index >= 15 is 0 Å². The van der Waals surface area contributed by atoms with Crippen LogP contribution in [0.3, 0.4) is 0 Å². The SMILES string of the molecule is Cc1ccc(S(=O)(=O)N2CCN(C(=O)c3ccc(OCc4cscn4)cc3)CC2)cc1C. The van der Waals surface area contributed by atoms with Crippen molar-refractivity contribution in [1.82, 2.24) is 14.2 Å². The highest BCUT2D eigenvalue weighted by atomic mass is 32.2. The largest absolute Gasteiger partial charge is 0.487 e. The molecule has 0 atom stereocenters. The van der Waals surface area contributed by atoms with Crippen LogP contribution in [0, 0.1) is 13.8 Å². The molecule has 1 aliphatic rings. The highest BCUT2D eigenvalue weighted by molar-refractivity contribution is 7.89. The smallest absolute Gasteiger partial charge is 0.253 e. The summed E-state index contributed by atoms with van der Waals surface area (Å²) in [6, 6.07) is 12.2. The first-order chi connectivity index (χ1) is 15.3. The molecule has 1 saturated heterocycles. The maximum Gasteiger partial charge on any atom is 0.253 e. The van der Waals surface area contributed by atoms with Crippen molar-refractivity contribution in [3.8, 4) is 5.75 Å². The molecule has 2 heterocycles. The van der Waals surface area contributed by atoms with Crippen molar-refractivity contribution >= 4 is 27.3 Å². The number of piperazine rings is 1. The Bertz CT molecular complexity index is 1180. The van der Waals surface area contributed by atoms with Crippen LogP contribution in [0.5, 0.6) is 5.75 Å². The molecule has 7 nitrogen and oxygen atoms in total. The zero-order valence-electron chi connectivity index (χ0n) is 18.0. The summed E-state index contributed by atoms with van der Waals surface area (Å²) < 4.78 is 33.1. The van der Waals surface area contributed by atoms with Gasteiger partial charge in [0.2, 0.25) is 10.0 Å². The molecule has 0 spiro atoms. The van der Waals surface area contributed by atoms with Crippen LogP contribution in [0.2, 0.25) is 0 Å². The summed E-state index contributed by atoms with van der Waals surface area (Å²) in [4.78, 5) is 19.0. The first-order valence-electron chi connectivity index (χ1n) is 10.3. The molecule has 168 valence electrons. The van der Waals surface area contributed by atoms with Gasteiger partial charge in [-0.2, -0.15) is 4.31 Å². The summed E-state index contributed by atoms with van der Waals surface area (Å²) in [5, 5.41) is 1.93. The Balaban J connectivity index is 1.35. The molecular formula is C23H25N3O4S2. The third-order valence-electron chi connectivity index (χ3n) is 5.61. The van der Waals surface area contributed by atoms with Gasteiger partial charge in [0.25, 0.3) is 5.91 Å². The Morgan fingerprint density at radius 2 is 1.75 bits per heavy atom. The number of carbonyl (C=O) groups excluding carboxylic acids is 1. The van der Waals surface area contributed by atoms with Crippen LogP contribution < -0.4 is 4.74 Å². The molecule has 0 saturated carbocycles. The van der Waals surface area contributed by atoms with Crippen molar-refractivity contribution in [2.75, 3.05) is 26.2 Å². The van der Waals surface area contributed by atoms with Crippen molar-refractivity contribution in [1.29, 1.82) is 0 Å². The standard InChI is InChI=1S/C23H25N3O4S2/c1-17-3-8-22(13-18(17)2)32(28,29)26-11-9-25(10-12-26)23(27)19-4-6-21(7-5-19)30-14-20-15-31-16-24-20/h3-8,13,15-16H,9-12,14H2,1-2H3. The number of sulfonamides is 1. The first kappa shape index (κ1) is 22.4. The number of amides is 1. The van der Waals surface area contributed by atoms with Crippen LogP contribution in [0.15, 0.2) is 58.3 Å². The molecule has 0 aliphatic carbocycles. The number of ether oxygens (including phenoxy) is 1. The van der Waals surface area contributed by atoms with E-state index in [9.17, 15) is 13.2 Å². The number of rotatable bonds is 6. The summed E-state index contributed by atoms with van der Waals surface area (Å²) in [6.07, 6.45) is 0. The van der Waals surface area contributed by atoms with E-state index in [1.54, 1.807) is 46.8 Å². The summed E-state index contributed by atoms with van der Waals surface area (Å²) in [7, 11) is -3.57. The monoisotopic (exact) mass is 471 g/mol. The lowest BCUT2D eigenvalue weighted by Gasteiger charge is -2.34. The molecule has 0 N–H and O–H groups in total. The molecule has 4 rings (SSSR count). The topological polar surface area (TPSA) is 79.8 Å². The first-order valence-corrected chi connectivity index (χ1v) is 12.7. The molecule has 1 fully saturated rings. The Kier molecular flexibility index (Phi) is 6.59. The second kappa shape index (κ2) is 9.40. The minimum atomic E-state index is -3.57. The van der Waals surface area contributed by atoms with E-state index in [-0.39, 0.29) is 19.0 Å². The van der Waals surface area contributed by atoms with Gasteiger partial charge in [0.1, 0.15) is 12.4 Å². The van der Waals surface area contributed by atoms with E-state index in [0.29, 0.717) is 35.9 Å². The number of hydrogen-bond donors (Lipinski definition) is 0. The highest BCUT2D eigenvalue weighted by Crippen LogP contribution is 2.22. The Hall–Kier alpha value is -2.75. The Labute approximate surface area is 192 Å². The molecule has 9 heteroatoms. The van der Waals surface area contributed by atoms with Crippen molar-refractivity contribution in [3.05, 3.63) is 75.7 Å². The summed E-state index contributed by atoms with van der Waals surface area (Å²) in [5.41, 5.74) is 5.17. The minimum Gasteiger partial charge on any atom is -0.487 e. The maximum atomic E-state index is 13.0. The zero-order chi connectivity index (χ0) is 22.7. The van der Waals surface area contributed by atoms with E-state index in [0.717, 1.165) is 16.8 Å². The van der Waals surface area contributed by atoms with E-state index < -0.39 is 10.0 Å². The fourth-order valence-corrected chi connectivity index (χ4v) is 5.55. The van der Waals surface area contributed by atoms with E-state index in [1.807, 2.05) is 25.3 Å². The normalized spacial score (nSPS) is 15.0. The van der Waals surface area contributed by atoms with E-state index in [2.05, 4.69) is 4.98 Å². The minimum absolute atomic E-state index is 0.112. The number of thiazole rings is 1. The molecule has 0 radical (unpaired) electrons. The van der Waals surface area contributed by atoms with Crippen molar-refractivity contribution in [2.45, 2.75) is 25.3 Å². The van der Waals surface area contributed by atoms with Gasteiger partial charge in [-0.25, -0.2) is 13.4 Å². The lowest BCUT2D eigenvalue weighted by atomic mass is 10.1. The zero-order valence-corrected chi connectivity index (χ0v) is 19.7. The molecule has 3 aromatic rings. The maximum absolute atomic E-state index is 13.0. The predicted octanol–water partition coefficient (Wildman–Crippen LogP) is 3.49. The third-order valence-corrected chi connectivity index (χ3v) is 8.14. The summed E-state index contributed by atoms with van der Waals surface area (Å²) in [5.74, 6) is 0.554. The second-order valence-corrected chi connectivity index (χ2v) is 10.4. The average molecular weight is 472 g/mol. The number of hydrogen-bond acceptors (Lipinski definition) is 6. The fraction of sp³-hybridized carbons (Fsp3) is 0.304. The van der Waals surface area contributed by atoms with Gasteiger partial charge in [-0.3, -0.25) is 4.79 Å². The van der Waals surface area contributed by atoms with Crippen molar-refractivity contribution in [3.63, 3.8) is 0 Å². The Morgan fingerprint density at radius 3 is 2.38 bits per heavy atom. The van der Waals surface area contributed by atoms with Gasteiger partial charge in [-0.1, -0.05) is 6.07 Å². The van der Waals surface area contributed by atoms with Crippen molar-refractivity contribution < 1.29 is 17.9 Å². The van der Waals surface area contributed by atoms with Crippen LogP contribution in [-0.2, 0) is 16.6 Å². The molecular weight excluding hydrogens is 446 g/mol. The third kappa shape index (κ3) is 4.85. The number of aromatic nitrogens is 1. The number of carbonyl (C=O) groups is 1. The highest BCUT2D eigenvalue weighted by Gasteiger charge is 2.30. The van der Waals surface area contributed by atoms with Gasteiger partial charge in [-0.15, -0.1) is 11.3 Å². The molecule has 1 aliphatic heterocycles. The number of aryl methyl sites for hydroxylation is 2. The van der Waals surface area contributed by atoms with E-state index in [4.69, 9.17) is 4.74 Å². The van der Waals surface area contributed by atoms with Gasteiger partial charge in [0.15, 0.2) is 0 Å². The predicted molar refractivity (Wildman–Crippen MR) is 123 cm³/mol. The van der Waals surface area contributed by atoms with Gasteiger partial charge < -0.3 is 9.64 Å². The Morgan fingerprint density at radius 1 is 1.03 bits per heavy atom. The second-order valence-electron chi connectivity index (χ2n) is 7.74. The van der Waals surface area contributed by atoms with Crippen LogP contribution >= 0.6 is 11.3 Å². The van der Waals surface area contributed by atoms with E-state index in [1.165, 1.54) is 15.6 Å². The summed E-state index contributed by atoms with van der Waals surface area (Å²) >= 11 is 1.52. The molecule has 1 aromatic heterocycles. The van der Waals surface area contributed by atoms with Gasteiger partial charge in [0, 0.05) is 37.1 Å². The van der Waals surface area contributed by atoms with Crippen LogP contribution in [0.4, 0.5) is 0 Å². The quantitative estimate of drug-likeness (QED) is 0.550. The fourth-order valence-electron chi connectivity index (χ4n) is 3.50. The van der Waals surface area contributed by atoms with Crippen LogP contribution in [0.1, 0.15) is 27.2 Å². The van der Waals surface area contributed by atoms with Crippen LogP contribution in [-0.4, -0.2) is 54.7 Å². The van der Waals surface area contributed by atoms with Gasteiger partial charge in [0.05, 0.1) is 16.1 Å². The molecule has 2 aromatic carbocycles. The molecule has 0 bridgehead atoms. The lowest BCUT2D eigenvalue weighted by Crippen LogP contribution is -2.50. The molecule has 32 heavy (non-hydrogen) atoms. The summed E-state index contributed by atoms with van der Waals surface area (Å²) in [6.45, 7) is 5.49.